The van der Waals surface area contributed by atoms with Crippen LogP contribution in [0.1, 0.15) is 33.5 Å². The van der Waals surface area contributed by atoms with E-state index >= 15 is 0 Å². The van der Waals surface area contributed by atoms with Crippen molar-refractivity contribution in [2.45, 2.75) is 19.1 Å². The Morgan fingerprint density at radius 1 is 1.04 bits per heavy atom. The van der Waals surface area contributed by atoms with Crippen LogP contribution >= 0.6 is 0 Å². The Kier molecular flexibility index (Phi) is 4.30. The predicted molar refractivity (Wildman–Crippen MR) is 103 cm³/mol. The summed E-state index contributed by atoms with van der Waals surface area (Å²) in [7, 11) is 0. The molecule has 0 fully saturated rings. The lowest BCUT2D eigenvalue weighted by molar-refractivity contribution is -0.0765. The molecular formula is C22H19N3O2. The van der Waals surface area contributed by atoms with E-state index in [4.69, 9.17) is 0 Å². The third kappa shape index (κ3) is 3.13. The van der Waals surface area contributed by atoms with Crippen LogP contribution in [0.3, 0.4) is 0 Å². The Bertz CT molecular complexity index is 985. The van der Waals surface area contributed by atoms with Gasteiger partial charge in [0.2, 0.25) is 0 Å². The molecular weight excluding hydrogens is 338 g/mol. The van der Waals surface area contributed by atoms with Gasteiger partial charge in [-0.15, -0.1) is 0 Å². The number of rotatable bonds is 3. The average molecular weight is 357 g/mol. The van der Waals surface area contributed by atoms with Gasteiger partial charge in [0.25, 0.3) is 5.91 Å². The molecule has 1 N–H and O–H groups in total. The van der Waals surface area contributed by atoms with Crippen LogP contribution in [0, 0.1) is 6.92 Å². The van der Waals surface area contributed by atoms with Gasteiger partial charge >= 0.3 is 0 Å². The van der Waals surface area contributed by atoms with Crippen molar-refractivity contribution in [3.63, 3.8) is 0 Å². The highest BCUT2D eigenvalue weighted by molar-refractivity contribution is 6.05. The van der Waals surface area contributed by atoms with Crippen LogP contribution in [0.4, 0.5) is 0 Å². The number of amides is 1. The fourth-order valence-electron chi connectivity index (χ4n) is 3.21. The maximum absolute atomic E-state index is 13.1. The molecule has 0 saturated heterocycles. The first kappa shape index (κ1) is 17.1. The maximum Gasteiger partial charge on any atom is 0.278 e. The van der Waals surface area contributed by atoms with Crippen molar-refractivity contribution >= 4 is 11.6 Å². The number of benzene rings is 2. The molecule has 3 aromatic rings. The zero-order valence-corrected chi connectivity index (χ0v) is 14.9. The Labute approximate surface area is 157 Å². The predicted octanol–water partition coefficient (Wildman–Crippen LogP) is 3.49. The molecule has 0 aliphatic carbocycles. The fourth-order valence-corrected chi connectivity index (χ4v) is 3.21. The number of aliphatic hydroxyl groups is 1. The average Bonchev–Trinajstić information content (AvgIpc) is 3.08. The molecule has 1 aliphatic rings. The Hall–Kier alpha value is -3.31. The Balaban J connectivity index is 1.79. The van der Waals surface area contributed by atoms with Crippen LogP contribution < -0.4 is 0 Å². The molecule has 1 amide bonds. The van der Waals surface area contributed by atoms with E-state index in [0.29, 0.717) is 16.8 Å². The Morgan fingerprint density at radius 3 is 2.44 bits per heavy atom. The van der Waals surface area contributed by atoms with Gasteiger partial charge in [0.1, 0.15) is 0 Å². The first-order valence-corrected chi connectivity index (χ1v) is 8.75. The van der Waals surface area contributed by atoms with E-state index in [-0.39, 0.29) is 6.42 Å². The molecule has 0 spiro atoms. The van der Waals surface area contributed by atoms with Gasteiger partial charge < -0.3 is 5.11 Å². The van der Waals surface area contributed by atoms with E-state index in [1.807, 2.05) is 49.4 Å². The third-order valence-corrected chi connectivity index (χ3v) is 4.71. The van der Waals surface area contributed by atoms with Gasteiger partial charge in [-0.1, -0.05) is 60.2 Å². The lowest BCUT2D eigenvalue weighted by Crippen LogP contribution is -2.43. The van der Waals surface area contributed by atoms with Gasteiger partial charge in [-0.2, -0.15) is 10.1 Å². The molecule has 0 radical (unpaired) electrons. The number of pyridine rings is 1. The van der Waals surface area contributed by atoms with Crippen molar-refractivity contribution in [2.75, 3.05) is 0 Å². The molecule has 5 heteroatoms. The van der Waals surface area contributed by atoms with Gasteiger partial charge in [0.05, 0.1) is 11.3 Å². The Morgan fingerprint density at radius 2 is 1.78 bits per heavy atom. The topological polar surface area (TPSA) is 65.8 Å². The van der Waals surface area contributed by atoms with Gasteiger partial charge in [0.15, 0.2) is 5.72 Å². The summed E-state index contributed by atoms with van der Waals surface area (Å²) in [4.78, 5) is 17.1. The zero-order chi connectivity index (χ0) is 18.9. The second-order valence-corrected chi connectivity index (χ2v) is 6.63. The molecule has 27 heavy (non-hydrogen) atoms. The third-order valence-electron chi connectivity index (χ3n) is 4.71. The van der Waals surface area contributed by atoms with Gasteiger partial charge in [-0.25, -0.2) is 0 Å². The quantitative estimate of drug-likeness (QED) is 0.780. The van der Waals surface area contributed by atoms with Crippen LogP contribution in [0.2, 0.25) is 0 Å². The molecule has 0 saturated carbocycles. The standard InChI is InChI=1S/C22H19N3O2/c1-16-9-11-17(12-10-16)20-14-22(27,19-7-3-2-4-8-19)25(24-20)21(26)18-6-5-13-23-15-18/h2-13,15,27H,14H2,1H3. The van der Waals surface area contributed by atoms with E-state index in [0.717, 1.165) is 11.1 Å². The number of hydrazone groups is 1. The van der Waals surface area contributed by atoms with Crippen molar-refractivity contribution in [1.82, 2.24) is 9.99 Å². The number of hydrogen-bond donors (Lipinski definition) is 1. The number of carbonyl (C=O) groups excluding carboxylic acids is 1. The monoisotopic (exact) mass is 357 g/mol. The molecule has 134 valence electrons. The van der Waals surface area contributed by atoms with Crippen LogP contribution in [-0.4, -0.2) is 26.7 Å². The van der Waals surface area contributed by atoms with Crippen molar-refractivity contribution < 1.29 is 9.90 Å². The lowest BCUT2D eigenvalue weighted by atomic mass is 9.94. The lowest BCUT2D eigenvalue weighted by Gasteiger charge is -2.31. The number of aromatic nitrogens is 1. The van der Waals surface area contributed by atoms with Gasteiger partial charge in [-0.05, 0) is 24.6 Å². The van der Waals surface area contributed by atoms with E-state index in [1.165, 1.54) is 11.2 Å². The zero-order valence-electron chi connectivity index (χ0n) is 14.9. The molecule has 1 unspecified atom stereocenters. The van der Waals surface area contributed by atoms with Crippen molar-refractivity contribution in [1.29, 1.82) is 0 Å². The number of carbonyl (C=O) groups is 1. The number of hydrogen-bond acceptors (Lipinski definition) is 4. The van der Waals surface area contributed by atoms with E-state index in [1.54, 1.807) is 30.5 Å². The van der Waals surface area contributed by atoms with Crippen LogP contribution in [0.15, 0.2) is 84.2 Å². The first-order valence-electron chi connectivity index (χ1n) is 8.75. The van der Waals surface area contributed by atoms with Crippen molar-refractivity contribution in [3.8, 4) is 0 Å². The highest BCUT2D eigenvalue weighted by Gasteiger charge is 2.46. The summed E-state index contributed by atoms with van der Waals surface area (Å²) in [6.07, 6.45) is 3.30. The largest absolute Gasteiger partial charge is 0.365 e. The number of nitrogens with zero attached hydrogens (tertiary/aromatic N) is 3. The van der Waals surface area contributed by atoms with E-state index in [2.05, 4.69) is 10.1 Å². The molecule has 5 nitrogen and oxygen atoms in total. The number of aryl methyl sites for hydroxylation is 1. The van der Waals surface area contributed by atoms with Crippen molar-refractivity contribution in [3.05, 3.63) is 101 Å². The first-order chi connectivity index (χ1) is 13.1. The molecule has 2 aromatic carbocycles. The molecule has 0 bridgehead atoms. The molecule has 1 aromatic heterocycles. The normalized spacial score (nSPS) is 19.0. The summed E-state index contributed by atoms with van der Waals surface area (Å²) >= 11 is 0. The highest BCUT2D eigenvalue weighted by atomic mass is 16.3. The minimum absolute atomic E-state index is 0.214. The summed E-state index contributed by atoms with van der Waals surface area (Å²) in [5, 5.41) is 17.2. The van der Waals surface area contributed by atoms with Gasteiger partial charge in [0, 0.05) is 24.4 Å². The second-order valence-electron chi connectivity index (χ2n) is 6.63. The summed E-state index contributed by atoms with van der Waals surface area (Å²) in [5.74, 6) is -0.392. The minimum Gasteiger partial charge on any atom is -0.365 e. The molecule has 1 atom stereocenters. The summed E-state index contributed by atoms with van der Waals surface area (Å²) in [6, 6.07) is 20.4. The summed E-state index contributed by atoms with van der Waals surface area (Å²) in [5.41, 5.74) is 2.14. The van der Waals surface area contributed by atoms with E-state index in [9.17, 15) is 9.90 Å². The van der Waals surface area contributed by atoms with Crippen LogP contribution in [0.25, 0.3) is 0 Å². The highest BCUT2D eigenvalue weighted by Crippen LogP contribution is 2.37. The summed E-state index contributed by atoms with van der Waals surface area (Å²) in [6.45, 7) is 2.01. The second kappa shape index (κ2) is 6.78. The summed E-state index contributed by atoms with van der Waals surface area (Å²) < 4.78 is 0. The van der Waals surface area contributed by atoms with Crippen LogP contribution in [0.5, 0.6) is 0 Å². The molecule has 2 heterocycles. The van der Waals surface area contributed by atoms with Crippen molar-refractivity contribution in [2.24, 2.45) is 5.10 Å². The minimum atomic E-state index is -1.55. The fraction of sp³-hybridized carbons (Fsp3) is 0.136. The molecule has 1 aliphatic heterocycles. The SMILES string of the molecule is Cc1ccc(C2=NN(C(=O)c3cccnc3)C(O)(c3ccccc3)C2)cc1. The molecule has 4 rings (SSSR count). The van der Waals surface area contributed by atoms with Gasteiger partial charge in [-0.3, -0.25) is 9.78 Å². The van der Waals surface area contributed by atoms with E-state index < -0.39 is 11.6 Å². The smallest absolute Gasteiger partial charge is 0.278 e. The van der Waals surface area contributed by atoms with Crippen LogP contribution in [-0.2, 0) is 5.72 Å². The maximum atomic E-state index is 13.1.